The summed E-state index contributed by atoms with van der Waals surface area (Å²) in [6, 6.07) is 13.3. The molecule has 3 aromatic heterocycles. The highest BCUT2D eigenvalue weighted by Crippen LogP contribution is 2.32. The number of thiophene rings is 1. The first-order valence-corrected chi connectivity index (χ1v) is 10.9. The molecule has 4 aromatic rings. The Labute approximate surface area is 180 Å². The molecule has 1 N–H and O–H groups in total. The van der Waals surface area contributed by atoms with Crippen LogP contribution in [0.2, 0.25) is 4.34 Å². The molecule has 154 valence electrons. The molecule has 1 aliphatic heterocycles. The zero-order chi connectivity index (χ0) is 20.7. The number of nitrogens with one attached hydrogen (secondary N) is 1. The van der Waals surface area contributed by atoms with Crippen LogP contribution in [-0.2, 0) is 17.8 Å². The summed E-state index contributed by atoms with van der Waals surface area (Å²) in [5.41, 5.74) is 0.764. The largest absolute Gasteiger partial charge is 0.376 e. The summed E-state index contributed by atoms with van der Waals surface area (Å²) in [5.74, 6) is 0.621. The molecule has 1 aliphatic rings. The van der Waals surface area contributed by atoms with Crippen molar-refractivity contribution >= 4 is 34.1 Å². The van der Waals surface area contributed by atoms with Gasteiger partial charge in [0.05, 0.1) is 28.4 Å². The number of halogens is 1. The van der Waals surface area contributed by atoms with Crippen LogP contribution in [0.25, 0.3) is 21.9 Å². The first kappa shape index (κ1) is 19.3. The van der Waals surface area contributed by atoms with Crippen LogP contribution < -0.4 is 11.2 Å². The van der Waals surface area contributed by atoms with Gasteiger partial charge in [0, 0.05) is 6.61 Å². The van der Waals surface area contributed by atoms with Gasteiger partial charge in [-0.2, -0.15) is 0 Å². The molecule has 0 radical (unpaired) electrons. The van der Waals surface area contributed by atoms with Crippen molar-refractivity contribution < 1.29 is 4.74 Å². The number of hydrogen-bond donors (Lipinski definition) is 1. The molecule has 0 bridgehead atoms. The van der Waals surface area contributed by atoms with Crippen LogP contribution in [0.4, 0.5) is 0 Å². The second-order valence-electron chi connectivity index (χ2n) is 7.29. The predicted molar refractivity (Wildman–Crippen MR) is 117 cm³/mol. The Morgan fingerprint density at radius 2 is 2.00 bits per heavy atom. The van der Waals surface area contributed by atoms with E-state index >= 15 is 0 Å². The molecule has 5 rings (SSSR count). The standard InChI is InChI=1S/C21H19ClN4O3S/c22-16-9-8-15(30-16)18-23-19-17(25(18)12-14-7-4-10-29-14)20(27)24-21(28)26(19)11-13-5-2-1-3-6-13/h1-3,5-6,8-9,14H,4,7,10-12H2,(H,24,27,28). The minimum absolute atomic E-state index is 0.00508. The number of H-pyrrole nitrogens is 1. The van der Waals surface area contributed by atoms with Crippen molar-refractivity contribution in [2.24, 2.45) is 0 Å². The van der Waals surface area contributed by atoms with Gasteiger partial charge in [-0.25, -0.2) is 9.78 Å². The molecule has 1 unspecified atom stereocenters. The number of nitrogens with zero attached hydrogens (tertiary/aromatic N) is 3. The van der Waals surface area contributed by atoms with Crippen molar-refractivity contribution in [1.29, 1.82) is 0 Å². The van der Waals surface area contributed by atoms with Crippen molar-refractivity contribution in [2.45, 2.75) is 32.0 Å². The summed E-state index contributed by atoms with van der Waals surface area (Å²) in [4.78, 5) is 33.6. The molecule has 1 fully saturated rings. The molecule has 0 spiro atoms. The van der Waals surface area contributed by atoms with E-state index in [4.69, 9.17) is 21.3 Å². The summed E-state index contributed by atoms with van der Waals surface area (Å²) in [6.45, 7) is 1.52. The first-order chi connectivity index (χ1) is 14.6. The minimum atomic E-state index is -0.478. The number of imidazole rings is 1. The molecule has 1 saturated heterocycles. The molecule has 4 heterocycles. The van der Waals surface area contributed by atoms with Crippen LogP contribution in [0.1, 0.15) is 18.4 Å². The predicted octanol–water partition coefficient (Wildman–Crippen LogP) is 3.50. The van der Waals surface area contributed by atoms with Crippen molar-refractivity contribution in [3.63, 3.8) is 0 Å². The molecule has 0 saturated carbocycles. The highest BCUT2D eigenvalue weighted by molar-refractivity contribution is 7.19. The van der Waals surface area contributed by atoms with E-state index in [2.05, 4.69) is 4.98 Å². The number of ether oxygens (including phenoxy) is 1. The molecule has 1 atom stereocenters. The summed E-state index contributed by atoms with van der Waals surface area (Å²) in [5, 5.41) is 0. The fourth-order valence-electron chi connectivity index (χ4n) is 3.88. The van der Waals surface area contributed by atoms with E-state index in [1.54, 1.807) is 6.07 Å². The number of fused-ring (bicyclic) bond motifs is 1. The number of rotatable bonds is 5. The average Bonchev–Trinajstić information content (AvgIpc) is 3.47. The van der Waals surface area contributed by atoms with Gasteiger partial charge < -0.3 is 9.30 Å². The van der Waals surface area contributed by atoms with Gasteiger partial charge in [0.15, 0.2) is 17.0 Å². The second-order valence-corrected chi connectivity index (χ2v) is 9.00. The van der Waals surface area contributed by atoms with Crippen molar-refractivity contribution in [1.82, 2.24) is 19.1 Å². The topological polar surface area (TPSA) is 81.9 Å². The van der Waals surface area contributed by atoms with Crippen LogP contribution >= 0.6 is 22.9 Å². The van der Waals surface area contributed by atoms with Gasteiger partial charge in [-0.15, -0.1) is 11.3 Å². The Morgan fingerprint density at radius 1 is 1.17 bits per heavy atom. The van der Waals surface area contributed by atoms with Crippen LogP contribution in [-0.4, -0.2) is 31.8 Å². The third kappa shape index (κ3) is 3.51. The maximum absolute atomic E-state index is 12.9. The lowest BCUT2D eigenvalue weighted by molar-refractivity contribution is 0.0982. The number of aromatic nitrogens is 4. The number of hydrogen-bond acceptors (Lipinski definition) is 5. The van der Waals surface area contributed by atoms with E-state index in [1.165, 1.54) is 15.9 Å². The van der Waals surface area contributed by atoms with Gasteiger partial charge in [0.25, 0.3) is 5.56 Å². The zero-order valence-corrected chi connectivity index (χ0v) is 17.6. The molecule has 1 aromatic carbocycles. The normalized spacial score (nSPS) is 16.5. The highest BCUT2D eigenvalue weighted by Gasteiger charge is 2.24. The fraction of sp³-hybridized carbons (Fsp3) is 0.286. The molecule has 7 nitrogen and oxygen atoms in total. The quantitative estimate of drug-likeness (QED) is 0.513. The van der Waals surface area contributed by atoms with E-state index < -0.39 is 11.2 Å². The summed E-state index contributed by atoms with van der Waals surface area (Å²) >= 11 is 7.55. The van der Waals surface area contributed by atoms with Crippen LogP contribution in [0, 0.1) is 0 Å². The summed E-state index contributed by atoms with van der Waals surface area (Å²) < 4.78 is 9.82. The van der Waals surface area contributed by atoms with Gasteiger partial charge in [0.1, 0.15) is 0 Å². The van der Waals surface area contributed by atoms with Crippen molar-refractivity contribution in [2.75, 3.05) is 6.61 Å². The number of aromatic amines is 1. The Hall–Kier alpha value is -2.68. The Balaban J connectivity index is 1.73. The third-order valence-electron chi connectivity index (χ3n) is 5.27. The summed E-state index contributed by atoms with van der Waals surface area (Å²) in [6.07, 6.45) is 1.92. The first-order valence-electron chi connectivity index (χ1n) is 9.75. The van der Waals surface area contributed by atoms with E-state index in [-0.39, 0.29) is 6.10 Å². The van der Waals surface area contributed by atoms with Crippen molar-refractivity contribution in [3.8, 4) is 10.7 Å². The smallest absolute Gasteiger partial charge is 0.330 e. The minimum Gasteiger partial charge on any atom is -0.376 e. The Kier molecular flexibility index (Phi) is 5.06. The van der Waals surface area contributed by atoms with Gasteiger partial charge in [0.2, 0.25) is 0 Å². The van der Waals surface area contributed by atoms with Gasteiger partial charge in [-0.05, 0) is 30.5 Å². The van der Waals surface area contributed by atoms with Gasteiger partial charge in [-0.3, -0.25) is 14.3 Å². The van der Waals surface area contributed by atoms with Crippen LogP contribution in [0.15, 0.2) is 52.1 Å². The Bertz CT molecular complexity index is 1320. The molecule has 0 amide bonds. The maximum atomic E-state index is 12.9. The molecular formula is C21H19ClN4O3S. The highest BCUT2D eigenvalue weighted by atomic mass is 35.5. The van der Waals surface area contributed by atoms with E-state index in [9.17, 15) is 9.59 Å². The van der Waals surface area contributed by atoms with Crippen LogP contribution in [0.5, 0.6) is 0 Å². The fourth-order valence-corrected chi connectivity index (χ4v) is 4.92. The van der Waals surface area contributed by atoms with Crippen LogP contribution in [0.3, 0.4) is 0 Å². The molecular weight excluding hydrogens is 424 g/mol. The molecule has 30 heavy (non-hydrogen) atoms. The van der Waals surface area contributed by atoms with E-state index in [1.807, 2.05) is 41.0 Å². The van der Waals surface area contributed by atoms with E-state index in [0.717, 1.165) is 23.3 Å². The average molecular weight is 443 g/mol. The van der Waals surface area contributed by atoms with Gasteiger partial charge in [-0.1, -0.05) is 41.9 Å². The lowest BCUT2D eigenvalue weighted by Gasteiger charge is -2.13. The second kappa shape index (κ2) is 7.86. The maximum Gasteiger partial charge on any atom is 0.330 e. The monoisotopic (exact) mass is 442 g/mol. The summed E-state index contributed by atoms with van der Waals surface area (Å²) in [7, 11) is 0. The molecule has 0 aliphatic carbocycles. The SMILES string of the molecule is O=c1[nH]c(=O)n(Cc2ccccc2)c2nc(-c3ccc(Cl)s3)n(CC3CCCO3)c12. The molecule has 9 heteroatoms. The lowest BCUT2D eigenvalue weighted by Crippen LogP contribution is -2.32. The lowest BCUT2D eigenvalue weighted by atomic mass is 10.2. The zero-order valence-electron chi connectivity index (χ0n) is 16.0. The van der Waals surface area contributed by atoms with Crippen molar-refractivity contribution in [3.05, 3.63) is 73.2 Å². The number of benzene rings is 1. The Morgan fingerprint density at radius 3 is 2.70 bits per heavy atom. The van der Waals surface area contributed by atoms with E-state index in [0.29, 0.717) is 41.0 Å². The third-order valence-corrected chi connectivity index (χ3v) is 6.50. The van der Waals surface area contributed by atoms with Gasteiger partial charge >= 0.3 is 5.69 Å².